The van der Waals surface area contributed by atoms with Crippen LogP contribution >= 0.6 is 23.2 Å². The van der Waals surface area contributed by atoms with Crippen molar-refractivity contribution in [1.82, 2.24) is 15.0 Å². The smallest absolute Gasteiger partial charge is 0.207 e. The second-order valence-electron chi connectivity index (χ2n) is 7.66. The molecule has 4 rings (SSSR count). The van der Waals surface area contributed by atoms with E-state index in [2.05, 4.69) is 10.3 Å². The van der Waals surface area contributed by atoms with Gasteiger partial charge in [0.1, 0.15) is 30.0 Å². The van der Waals surface area contributed by atoms with Crippen LogP contribution in [0.25, 0.3) is 11.3 Å². The predicted octanol–water partition coefficient (Wildman–Crippen LogP) is 2.12. The summed E-state index contributed by atoms with van der Waals surface area (Å²) in [7, 11) is -4.46. The van der Waals surface area contributed by atoms with Gasteiger partial charge in [-0.1, -0.05) is 28.4 Å². The summed E-state index contributed by atoms with van der Waals surface area (Å²) in [6.45, 7) is -0.826. The van der Waals surface area contributed by atoms with Gasteiger partial charge in [0.2, 0.25) is 9.84 Å². The molecule has 15 heteroatoms. The average molecular weight is 554 g/mol. The van der Waals surface area contributed by atoms with Crippen molar-refractivity contribution in [2.75, 3.05) is 6.61 Å². The van der Waals surface area contributed by atoms with Crippen molar-refractivity contribution < 1.29 is 41.6 Å². The summed E-state index contributed by atoms with van der Waals surface area (Å²) in [5.41, 5.74) is -2.36. The molecule has 1 aromatic heterocycles. The number of aliphatic hydroxyl groups excluding tert-OH is 3. The Bertz CT molecular complexity index is 1350. The molecule has 1 saturated heterocycles. The second kappa shape index (κ2) is 9.65. The molecule has 9 nitrogen and oxygen atoms in total. The van der Waals surface area contributed by atoms with Crippen molar-refractivity contribution >= 4 is 33.0 Å². The highest BCUT2D eigenvalue weighted by molar-refractivity contribution is 7.92. The Balaban J connectivity index is 1.73. The number of hydrogen-bond acceptors (Lipinski definition) is 8. The quantitative estimate of drug-likeness (QED) is 0.409. The van der Waals surface area contributed by atoms with Crippen LogP contribution in [0.5, 0.6) is 0 Å². The van der Waals surface area contributed by atoms with E-state index in [9.17, 15) is 36.9 Å². The lowest BCUT2D eigenvalue weighted by Crippen LogP contribution is -2.58. The van der Waals surface area contributed by atoms with E-state index in [-0.39, 0.29) is 26.2 Å². The van der Waals surface area contributed by atoms with Gasteiger partial charge < -0.3 is 20.1 Å². The molecule has 35 heavy (non-hydrogen) atoms. The van der Waals surface area contributed by atoms with Gasteiger partial charge in [-0.2, -0.15) is 0 Å². The van der Waals surface area contributed by atoms with Crippen molar-refractivity contribution in [3.8, 4) is 11.3 Å². The van der Waals surface area contributed by atoms with E-state index >= 15 is 0 Å². The van der Waals surface area contributed by atoms with Crippen LogP contribution in [0.2, 0.25) is 10.0 Å². The summed E-state index contributed by atoms with van der Waals surface area (Å²) in [5, 5.41) is 38.7. The van der Waals surface area contributed by atoms with Crippen molar-refractivity contribution in [1.29, 1.82) is 0 Å². The molecule has 3 aromatic rings. The number of hydrogen-bond donors (Lipinski definition) is 3. The first kappa shape index (κ1) is 25.8. The normalized spacial score (nSPS) is 25.1. The van der Waals surface area contributed by atoms with Gasteiger partial charge in [-0.3, -0.25) is 0 Å². The maximum Gasteiger partial charge on any atom is 0.207 e. The fourth-order valence-electron chi connectivity index (χ4n) is 3.68. The topological polar surface area (TPSA) is 135 Å². The van der Waals surface area contributed by atoms with E-state index in [1.54, 1.807) is 0 Å². The minimum atomic E-state index is -4.46. The Hall–Kier alpha value is -2.26. The van der Waals surface area contributed by atoms with Crippen LogP contribution in [0.15, 0.2) is 41.4 Å². The first-order valence-electron chi connectivity index (χ1n) is 9.84. The predicted molar refractivity (Wildman–Crippen MR) is 116 cm³/mol. The van der Waals surface area contributed by atoms with Crippen LogP contribution in [0.1, 0.15) is 6.04 Å². The van der Waals surface area contributed by atoms with Crippen LogP contribution in [-0.2, 0) is 14.6 Å². The molecule has 2 heterocycles. The molecule has 0 saturated carbocycles. The molecule has 1 aliphatic rings. The average Bonchev–Trinajstić information content (AvgIpc) is 3.28. The van der Waals surface area contributed by atoms with Crippen molar-refractivity contribution in [3.05, 3.63) is 64.0 Å². The molecular formula is C20H16Cl2F3N3O6S. The molecule has 2 unspecified atom stereocenters. The Kier molecular flexibility index (Phi) is 7.12. The van der Waals surface area contributed by atoms with Crippen LogP contribution in [-0.4, -0.2) is 69.1 Å². The summed E-state index contributed by atoms with van der Waals surface area (Å²) in [4.78, 5) is -0.348. The highest BCUT2D eigenvalue weighted by Gasteiger charge is 2.51. The highest BCUT2D eigenvalue weighted by Crippen LogP contribution is 2.36. The molecule has 0 amide bonds. The third kappa shape index (κ3) is 4.65. The van der Waals surface area contributed by atoms with Gasteiger partial charge in [0, 0.05) is 5.56 Å². The number of benzene rings is 2. The lowest BCUT2D eigenvalue weighted by molar-refractivity contribution is -0.180. The van der Waals surface area contributed by atoms with Gasteiger partial charge in [0.25, 0.3) is 0 Å². The fraction of sp³-hybridized carbons (Fsp3) is 0.300. The maximum atomic E-state index is 13.6. The summed E-state index contributed by atoms with van der Waals surface area (Å²) < 4.78 is 73.2. The number of rotatable bonds is 5. The summed E-state index contributed by atoms with van der Waals surface area (Å²) >= 11 is 11.7. The first-order valence-corrected chi connectivity index (χ1v) is 12.1. The largest absolute Gasteiger partial charge is 0.394 e. The fourth-order valence-corrected chi connectivity index (χ4v) is 5.67. The number of ether oxygens (including phenoxy) is 1. The molecule has 3 N–H and O–H groups in total. The monoisotopic (exact) mass is 553 g/mol. The molecule has 0 bridgehead atoms. The van der Waals surface area contributed by atoms with Gasteiger partial charge in [-0.05, 0) is 30.3 Å². The van der Waals surface area contributed by atoms with Crippen LogP contribution < -0.4 is 0 Å². The van der Waals surface area contributed by atoms with E-state index in [4.69, 9.17) is 27.9 Å². The van der Waals surface area contributed by atoms with Gasteiger partial charge in [-0.25, -0.2) is 26.3 Å². The standard InChI is InChI=1S/C20H16Cl2F3N3O6S/c21-10-2-1-9(5-11(10)22)35(32,33)20-19(31)17(18(30)15(7-29)34-20)28-6-14(26-27-28)8-3-12(23)16(25)13(24)4-8/h1-6,15,17-20,29-31H,7H2/t15?,17-,18-,19?,20+/m0/s1. The maximum absolute atomic E-state index is 13.6. The van der Waals surface area contributed by atoms with E-state index in [0.29, 0.717) is 12.1 Å². The second-order valence-corrected chi connectivity index (χ2v) is 10.5. The van der Waals surface area contributed by atoms with E-state index in [1.807, 2.05) is 0 Å². The van der Waals surface area contributed by atoms with Gasteiger partial charge in [0.05, 0.1) is 27.7 Å². The molecule has 1 aliphatic heterocycles. The number of nitrogens with zero attached hydrogens (tertiary/aromatic N) is 3. The van der Waals surface area contributed by atoms with E-state index in [1.165, 1.54) is 6.07 Å². The van der Waals surface area contributed by atoms with Crippen molar-refractivity contribution in [2.24, 2.45) is 0 Å². The molecule has 0 spiro atoms. The lowest BCUT2D eigenvalue weighted by Gasteiger charge is -2.41. The molecule has 188 valence electrons. The Morgan fingerprint density at radius 1 is 1.03 bits per heavy atom. The zero-order valence-electron chi connectivity index (χ0n) is 17.3. The Morgan fingerprint density at radius 2 is 1.69 bits per heavy atom. The lowest BCUT2D eigenvalue weighted by atomic mass is 9.97. The van der Waals surface area contributed by atoms with E-state index in [0.717, 1.165) is 23.0 Å². The molecule has 0 aliphatic carbocycles. The molecule has 1 fully saturated rings. The third-order valence-electron chi connectivity index (χ3n) is 5.47. The van der Waals surface area contributed by atoms with Gasteiger partial charge in [0.15, 0.2) is 22.9 Å². The van der Waals surface area contributed by atoms with Gasteiger partial charge in [-0.15, -0.1) is 5.10 Å². The number of sulfone groups is 1. The van der Waals surface area contributed by atoms with Crippen LogP contribution in [0.4, 0.5) is 13.2 Å². The molecule has 0 radical (unpaired) electrons. The minimum absolute atomic E-state index is 0.0759. The van der Waals surface area contributed by atoms with Gasteiger partial charge >= 0.3 is 0 Å². The zero-order valence-corrected chi connectivity index (χ0v) is 19.6. The molecule has 5 atom stereocenters. The number of halogens is 5. The van der Waals surface area contributed by atoms with Crippen LogP contribution in [0, 0.1) is 17.5 Å². The highest BCUT2D eigenvalue weighted by atomic mass is 35.5. The molecular weight excluding hydrogens is 538 g/mol. The summed E-state index contributed by atoms with van der Waals surface area (Å²) in [5.74, 6) is -4.64. The summed E-state index contributed by atoms with van der Waals surface area (Å²) in [6.07, 6.45) is -4.04. The third-order valence-corrected chi connectivity index (χ3v) is 8.12. The van der Waals surface area contributed by atoms with E-state index < -0.39 is 63.7 Å². The Morgan fingerprint density at radius 3 is 2.29 bits per heavy atom. The first-order chi connectivity index (χ1) is 16.4. The SMILES string of the molecule is O=S(=O)(c1ccc(Cl)c(Cl)c1)[C@H]1OC(CO)[C@H](O)[C@H](n2cc(-c3cc(F)c(F)c(F)c3)nn2)C1O. The summed E-state index contributed by atoms with van der Waals surface area (Å²) in [6, 6.07) is 3.22. The molecule has 2 aromatic carbocycles. The van der Waals surface area contributed by atoms with Crippen LogP contribution in [0.3, 0.4) is 0 Å². The minimum Gasteiger partial charge on any atom is -0.394 e. The Labute approximate surface area is 206 Å². The zero-order chi connectivity index (χ0) is 25.7. The number of aliphatic hydroxyl groups is 3. The van der Waals surface area contributed by atoms with Crippen molar-refractivity contribution in [2.45, 2.75) is 34.7 Å². The number of aromatic nitrogens is 3. The van der Waals surface area contributed by atoms with Crippen molar-refractivity contribution in [3.63, 3.8) is 0 Å².